The van der Waals surface area contributed by atoms with Crippen LogP contribution in [-0.2, 0) is 17.7 Å². The smallest absolute Gasteiger partial charge is 0.0849 e. The lowest BCUT2D eigenvalue weighted by Crippen LogP contribution is -2.24. The molecule has 2 rings (SSSR count). The molecule has 1 unspecified atom stereocenters. The fourth-order valence-corrected chi connectivity index (χ4v) is 1.82. The zero-order valence-electron chi connectivity index (χ0n) is 8.80. The van der Waals surface area contributed by atoms with Crippen LogP contribution in [-0.4, -0.2) is 39.4 Å². The molecule has 0 saturated carbocycles. The van der Waals surface area contributed by atoms with Gasteiger partial charge in [0.25, 0.3) is 0 Å². The number of hydrogen-bond donors (Lipinski definition) is 1. The van der Waals surface area contributed by atoms with E-state index >= 15 is 0 Å². The first-order chi connectivity index (χ1) is 7.38. The van der Waals surface area contributed by atoms with Crippen LogP contribution in [0.3, 0.4) is 0 Å². The molecular weight excluding hydrogens is 194 g/mol. The number of hydrogen-bond acceptors (Lipinski definition) is 4. The van der Waals surface area contributed by atoms with Crippen molar-refractivity contribution in [2.24, 2.45) is 0 Å². The second-order valence-corrected chi connectivity index (χ2v) is 3.89. The monoisotopic (exact) mass is 211 g/mol. The van der Waals surface area contributed by atoms with Gasteiger partial charge in [0, 0.05) is 25.8 Å². The van der Waals surface area contributed by atoms with Gasteiger partial charge in [-0.3, -0.25) is 0 Å². The summed E-state index contributed by atoms with van der Waals surface area (Å²) in [6.07, 6.45) is 6.25. The summed E-state index contributed by atoms with van der Waals surface area (Å²) in [5.41, 5.74) is 0.841. The minimum absolute atomic E-state index is 0.124. The summed E-state index contributed by atoms with van der Waals surface area (Å²) in [6.45, 7) is 1.76. The van der Waals surface area contributed by atoms with E-state index in [-0.39, 0.29) is 12.7 Å². The lowest BCUT2D eigenvalue weighted by atomic mass is 10.1. The molecule has 5 nitrogen and oxygen atoms in total. The highest BCUT2D eigenvalue weighted by Crippen LogP contribution is 2.14. The van der Waals surface area contributed by atoms with Crippen molar-refractivity contribution in [3.63, 3.8) is 0 Å². The van der Waals surface area contributed by atoms with Gasteiger partial charge in [-0.05, 0) is 19.3 Å². The third-order valence-electron chi connectivity index (χ3n) is 2.62. The van der Waals surface area contributed by atoms with Crippen molar-refractivity contribution in [1.29, 1.82) is 0 Å². The minimum Gasteiger partial charge on any atom is -0.396 e. The molecule has 0 spiro atoms. The van der Waals surface area contributed by atoms with Crippen molar-refractivity contribution >= 4 is 0 Å². The topological polar surface area (TPSA) is 60.2 Å². The summed E-state index contributed by atoms with van der Waals surface area (Å²) in [5.74, 6) is 0. The molecule has 1 aromatic heterocycles. The Balaban J connectivity index is 1.86. The molecule has 1 N–H and O–H groups in total. The SMILES string of the molecule is OCCc1cn(CC2CCCCO2)nn1. The van der Waals surface area contributed by atoms with Crippen LogP contribution in [0.2, 0.25) is 0 Å². The quantitative estimate of drug-likeness (QED) is 0.782. The summed E-state index contributed by atoms with van der Waals surface area (Å²) < 4.78 is 7.42. The van der Waals surface area contributed by atoms with Crippen molar-refractivity contribution in [1.82, 2.24) is 15.0 Å². The summed E-state index contributed by atoms with van der Waals surface area (Å²) in [5, 5.41) is 16.7. The normalized spacial score (nSPS) is 21.8. The molecule has 0 bridgehead atoms. The Morgan fingerprint density at radius 3 is 3.20 bits per heavy atom. The Morgan fingerprint density at radius 1 is 1.53 bits per heavy atom. The molecule has 84 valence electrons. The lowest BCUT2D eigenvalue weighted by molar-refractivity contribution is 0.00370. The second-order valence-electron chi connectivity index (χ2n) is 3.89. The van der Waals surface area contributed by atoms with E-state index in [4.69, 9.17) is 9.84 Å². The number of ether oxygens (including phenoxy) is 1. The summed E-state index contributed by atoms with van der Waals surface area (Å²) in [7, 11) is 0. The molecular formula is C10H17N3O2. The van der Waals surface area contributed by atoms with Crippen LogP contribution < -0.4 is 0 Å². The Kier molecular flexibility index (Phi) is 3.69. The number of aromatic nitrogens is 3. The first kappa shape index (κ1) is 10.6. The molecule has 15 heavy (non-hydrogen) atoms. The molecule has 1 aliphatic rings. The van der Waals surface area contributed by atoms with E-state index < -0.39 is 0 Å². The van der Waals surface area contributed by atoms with E-state index in [2.05, 4.69) is 10.3 Å². The lowest BCUT2D eigenvalue weighted by Gasteiger charge is -2.21. The van der Waals surface area contributed by atoms with Gasteiger partial charge < -0.3 is 9.84 Å². The molecule has 0 amide bonds. The zero-order chi connectivity index (χ0) is 10.5. The van der Waals surface area contributed by atoms with Crippen LogP contribution in [0.5, 0.6) is 0 Å². The number of aliphatic hydroxyl groups excluding tert-OH is 1. The first-order valence-corrected chi connectivity index (χ1v) is 5.50. The second kappa shape index (κ2) is 5.23. The molecule has 1 atom stereocenters. The van der Waals surface area contributed by atoms with E-state index in [1.54, 1.807) is 4.68 Å². The maximum Gasteiger partial charge on any atom is 0.0849 e. The van der Waals surface area contributed by atoms with Gasteiger partial charge in [-0.2, -0.15) is 0 Å². The highest BCUT2D eigenvalue weighted by atomic mass is 16.5. The Morgan fingerprint density at radius 2 is 2.47 bits per heavy atom. The fraction of sp³-hybridized carbons (Fsp3) is 0.800. The van der Waals surface area contributed by atoms with Gasteiger partial charge in [0.2, 0.25) is 0 Å². The van der Waals surface area contributed by atoms with E-state index in [9.17, 15) is 0 Å². The third-order valence-corrected chi connectivity index (χ3v) is 2.62. The molecule has 1 aromatic rings. The number of nitrogens with zero attached hydrogens (tertiary/aromatic N) is 3. The zero-order valence-corrected chi connectivity index (χ0v) is 8.80. The summed E-state index contributed by atoms with van der Waals surface area (Å²) in [6, 6.07) is 0. The predicted molar refractivity (Wildman–Crippen MR) is 54.4 cm³/mol. The van der Waals surface area contributed by atoms with Crippen LogP contribution in [0.4, 0.5) is 0 Å². The van der Waals surface area contributed by atoms with Crippen molar-refractivity contribution in [2.45, 2.75) is 38.3 Å². The van der Waals surface area contributed by atoms with Crippen LogP contribution in [0.15, 0.2) is 6.20 Å². The molecule has 0 aromatic carbocycles. The van der Waals surface area contributed by atoms with E-state index in [0.29, 0.717) is 6.42 Å². The van der Waals surface area contributed by atoms with Gasteiger partial charge in [0.1, 0.15) is 0 Å². The van der Waals surface area contributed by atoms with E-state index in [1.165, 1.54) is 12.8 Å². The standard InChI is InChI=1S/C10H17N3O2/c14-5-4-9-7-13(12-11-9)8-10-3-1-2-6-15-10/h7,10,14H,1-6,8H2. The van der Waals surface area contributed by atoms with Gasteiger partial charge in [-0.1, -0.05) is 5.21 Å². The molecule has 1 saturated heterocycles. The maximum atomic E-state index is 8.75. The first-order valence-electron chi connectivity index (χ1n) is 5.50. The largest absolute Gasteiger partial charge is 0.396 e. The molecule has 1 fully saturated rings. The van der Waals surface area contributed by atoms with Gasteiger partial charge in [0.15, 0.2) is 0 Å². The number of rotatable bonds is 4. The maximum absolute atomic E-state index is 8.75. The molecule has 1 aliphatic heterocycles. The van der Waals surface area contributed by atoms with Crippen LogP contribution >= 0.6 is 0 Å². The van der Waals surface area contributed by atoms with E-state index in [0.717, 1.165) is 25.3 Å². The van der Waals surface area contributed by atoms with Gasteiger partial charge in [-0.25, -0.2) is 4.68 Å². The summed E-state index contributed by atoms with van der Waals surface area (Å²) >= 11 is 0. The number of aliphatic hydroxyl groups is 1. The van der Waals surface area contributed by atoms with Crippen LogP contribution in [0, 0.1) is 0 Å². The van der Waals surface area contributed by atoms with Gasteiger partial charge in [0.05, 0.1) is 18.3 Å². The van der Waals surface area contributed by atoms with Crippen molar-refractivity contribution in [3.8, 4) is 0 Å². The fourth-order valence-electron chi connectivity index (χ4n) is 1.82. The van der Waals surface area contributed by atoms with Gasteiger partial charge in [-0.15, -0.1) is 5.10 Å². The predicted octanol–water partition coefficient (Wildman–Crippen LogP) is 0.382. The minimum atomic E-state index is 0.124. The Hall–Kier alpha value is -0.940. The van der Waals surface area contributed by atoms with Crippen molar-refractivity contribution in [3.05, 3.63) is 11.9 Å². The highest BCUT2D eigenvalue weighted by molar-refractivity contribution is 4.92. The Bertz CT molecular complexity index is 295. The Labute approximate surface area is 89.0 Å². The summed E-state index contributed by atoms with van der Waals surface area (Å²) in [4.78, 5) is 0. The molecule has 0 radical (unpaired) electrons. The molecule has 5 heteroatoms. The highest BCUT2D eigenvalue weighted by Gasteiger charge is 2.14. The molecule has 2 heterocycles. The third kappa shape index (κ3) is 3.00. The van der Waals surface area contributed by atoms with Crippen LogP contribution in [0.1, 0.15) is 25.0 Å². The van der Waals surface area contributed by atoms with Gasteiger partial charge >= 0.3 is 0 Å². The molecule has 0 aliphatic carbocycles. The average molecular weight is 211 g/mol. The average Bonchev–Trinajstić information content (AvgIpc) is 2.68. The van der Waals surface area contributed by atoms with Crippen molar-refractivity contribution < 1.29 is 9.84 Å². The van der Waals surface area contributed by atoms with Crippen molar-refractivity contribution in [2.75, 3.05) is 13.2 Å². The van der Waals surface area contributed by atoms with E-state index in [1.807, 2.05) is 6.20 Å². The van der Waals surface area contributed by atoms with Crippen LogP contribution in [0.25, 0.3) is 0 Å².